The van der Waals surface area contributed by atoms with Crippen LogP contribution in [0.2, 0.25) is 0 Å². The Balaban J connectivity index is -0.000000112. The number of carbonyl (C=O) groups excluding carboxylic acids is 2. The molecule has 0 radical (unpaired) electrons. The van der Waals surface area contributed by atoms with Crippen molar-refractivity contribution in [1.29, 1.82) is 0 Å². The van der Waals surface area contributed by atoms with Crippen molar-refractivity contribution < 1.29 is 20.1 Å². The number of hydrogen-bond acceptors (Lipinski definition) is 4. The largest absolute Gasteiger partial charge is 0.295 e. The number of allylic oxidation sites excluding steroid dienone is 2. The molecule has 0 aromatic heterocycles. The minimum Gasteiger partial charge on any atom is -0.295 e. The lowest BCUT2D eigenvalue weighted by Gasteiger charge is -1.62. The highest BCUT2D eigenvalue weighted by Crippen LogP contribution is 1.61. The highest BCUT2D eigenvalue weighted by Gasteiger charge is 1.70. The van der Waals surface area contributed by atoms with E-state index in [9.17, 15) is 9.59 Å². The number of rotatable bonds is 2. The third-order valence-corrected chi connectivity index (χ3v) is 0.575. The fourth-order valence-corrected chi connectivity index (χ4v) is 0. The zero-order valence-electron chi connectivity index (χ0n) is 7.28. The molecule has 0 saturated heterocycles. The Hall–Kier alpha value is -1.26. The molecule has 0 aliphatic heterocycles. The van der Waals surface area contributed by atoms with Crippen LogP contribution in [-0.4, -0.2) is 22.1 Å². The zero-order valence-corrected chi connectivity index (χ0v) is 7.28. The van der Waals surface area contributed by atoms with E-state index in [0.29, 0.717) is 0 Å². The van der Waals surface area contributed by atoms with Gasteiger partial charge in [-0.2, -0.15) is 0 Å². The van der Waals surface area contributed by atoms with Crippen LogP contribution in [0.4, 0.5) is 0 Å². The summed E-state index contributed by atoms with van der Waals surface area (Å²) >= 11 is 0. The van der Waals surface area contributed by atoms with Gasteiger partial charge < -0.3 is 0 Å². The molecule has 0 heterocycles. The Morgan fingerprint density at radius 1 is 1.00 bits per heavy atom. The second-order valence-corrected chi connectivity index (χ2v) is 1.63. The Kier molecular flexibility index (Phi) is 23.2. The Bertz CT molecular complexity index is 131. The molecule has 0 rings (SSSR count). The van der Waals surface area contributed by atoms with Crippen LogP contribution in [0.25, 0.3) is 0 Å². The zero-order chi connectivity index (χ0) is 10.6. The Morgan fingerprint density at radius 2 is 1.08 bits per heavy atom. The topological polar surface area (TPSA) is 74.6 Å². The van der Waals surface area contributed by atoms with Gasteiger partial charge in [0.1, 0.15) is 0 Å². The normalized spacial score (nSPS) is 6.00. The van der Waals surface area contributed by atoms with Crippen LogP contribution < -0.4 is 0 Å². The van der Waals surface area contributed by atoms with E-state index in [1.807, 2.05) is 0 Å². The van der Waals surface area contributed by atoms with E-state index in [-0.39, 0.29) is 11.6 Å². The maximum absolute atomic E-state index is 9.69. The lowest BCUT2D eigenvalue weighted by Crippen LogP contribution is -1.74. The van der Waals surface area contributed by atoms with Gasteiger partial charge in [0.05, 0.1) is 0 Å². The summed E-state index contributed by atoms with van der Waals surface area (Å²) in [5.74, 6) is 0.0370. The Labute approximate surface area is 71.8 Å². The van der Waals surface area contributed by atoms with Gasteiger partial charge >= 0.3 is 0 Å². The fourth-order valence-electron chi connectivity index (χ4n) is 0. The van der Waals surface area contributed by atoms with Crippen molar-refractivity contribution in [3.63, 3.8) is 0 Å². The molecular formula is C8H14O4. The van der Waals surface area contributed by atoms with Crippen molar-refractivity contribution in [3.8, 4) is 0 Å². The van der Waals surface area contributed by atoms with Gasteiger partial charge in [0.15, 0.2) is 11.6 Å². The molecular weight excluding hydrogens is 160 g/mol. The predicted octanol–water partition coefficient (Wildman–Crippen LogP) is 1.54. The van der Waals surface area contributed by atoms with E-state index in [1.54, 1.807) is 0 Å². The summed E-state index contributed by atoms with van der Waals surface area (Å²) in [6.07, 6.45) is 2.56. The van der Waals surface area contributed by atoms with Crippen LogP contribution in [-0.2, 0) is 9.59 Å². The third kappa shape index (κ3) is 69.7. The van der Waals surface area contributed by atoms with Gasteiger partial charge in [0.25, 0.3) is 0 Å². The van der Waals surface area contributed by atoms with Crippen LogP contribution >= 0.6 is 0 Å². The molecule has 0 fully saturated rings. The number of hydrogen-bond donors (Lipinski definition) is 2. The van der Waals surface area contributed by atoms with Gasteiger partial charge in [0.2, 0.25) is 0 Å². The first-order valence-electron chi connectivity index (χ1n) is 3.00. The molecule has 0 amide bonds. The molecule has 0 aliphatic carbocycles. The molecule has 0 atom stereocenters. The van der Waals surface area contributed by atoms with Crippen molar-refractivity contribution in [2.24, 2.45) is 0 Å². The SMILES string of the molecule is C=CC(C)=O.C=CC(C)=O.OO. The summed E-state index contributed by atoms with van der Waals surface area (Å²) < 4.78 is 0. The second kappa shape index (κ2) is 16.4. The monoisotopic (exact) mass is 174 g/mol. The van der Waals surface area contributed by atoms with E-state index in [0.717, 1.165) is 0 Å². The van der Waals surface area contributed by atoms with Crippen molar-refractivity contribution in [1.82, 2.24) is 0 Å². The standard InChI is InChI=1S/2C4H6O.H2O2/c2*1-3-4(2)5;1-2/h2*3H,1H2,2H3;1-2H. The third-order valence-electron chi connectivity index (χ3n) is 0.575. The Morgan fingerprint density at radius 3 is 1.08 bits per heavy atom. The van der Waals surface area contributed by atoms with Gasteiger partial charge in [-0.1, -0.05) is 13.2 Å². The molecule has 0 aromatic rings. The fraction of sp³-hybridized carbons (Fsp3) is 0.250. The summed E-state index contributed by atoms with van der Waals surface area (Å²) in [6, 6.07) is 0. The van der Waals surface area contributed by atoms with Crippen LogP contribution in [0.1, 0.15) is 13.8 Å². The quantitative estimate of drug-likeness (QED) is 0.378. The molecule has 12 heavy (non-hydrogen) atoms. The van der Waals surface area contributed by atoms with Crippen molar-refractivity contribution in [2.75, 3.05) is 0 Å². The molecule has 0 aliphatic rings. The van der Waals surface area contributed by atoms with Crippen molar-refractivity contribution in [2.45, 2.75) is 13.8 Å². The highest BCUT2D eigenvalue weighted by atomic mass is 17.0. The van der Waals surface area contributed by atoms with Gasteiger partial charge in [-0.3, -0.25) is 20.1 Å². The maximum atomic E-state index is 9.69. The van der Waals surface area contributed by atoms with Gasteiger partial charge in [-0.15, -0.1) is 0 Å². The summed E-state index contributed by atoms with van der Waals surface area (Å²) in [5.41, 5.74) is 0. The van der Waals surface area contributed by atoms with Gasteiger partial charge in [-0.25, -0.2) is 0 Å². The maximum Gasteiger partial charge on any atom is 0.152 e. The molecule has 4 heteroatoms. The molecule has 0 saturated carbocycles. The second-order valence-electron chi connectivity index (χ2n) is 1.63. The van der Waals surface area contributed by atoms with E-state index in [2.05, 4.69) is 13.2 Å². The molecule has 0 bridgehead atoms. The minimum atomic E-state index is 0.0185. The van der Waals surface area contributed by atoms with E-state index in [1.165, 1.54) is 26.0 Å². The smallest absolute Gasteiger partial charge is 0.152 e. The first-order chi connectivity index (χ1) is 5.54. The highest BCUT2D eigenvalue weighted by molar-refractivity contribution is 5.86. The lowest BCUT2D eigenvalue weighted by atomic mass is 10.5. The minimum absolute atomic E-state index is 0.0185. The average Bonchev–Trinajstić information content (AvgIpc) is 2.09. The average molecular weight is 174 g/mol. The lowest BCUT2D eigenvalue weighted by molar-refractivity contribution is -0.176. The summed E-state index contributed by atoms with van der Waals surface area (Å²) in [4.78, 5) is 19.4. The molecule has 4 nitrogen and oxygen atoms in total. The van der Waals surface area contributed by atoms with Crippen LogP contribution in [0.15, 0.2) is 25.3 Å². The summed E-state index contributed by atoms with van der Waals surface area (Å²) in [6.45, 7) is 9.35. The van der Waals surface area contributed by atoms with Crippen molar-refractivity contribution >= 4 is 11.6 Å². The predicted molar refractivity (Wildman–Crippen MR) is 47.0 cm³/mol. The molecule has 0 aromatic carbocycles. The van der Waals surface area contributed by atoms with Gasteiger partial charge in [0, 0.05) is 0 Å². The van der Waals surface area contributed by atoms with Crippen LogP contribution in [0.5, 0.6) is 0 Å². The van der Waals surface area contributed by atoms with Crippen LogP contribution in [0, 0.1) is 0 Å². The van der Waals surface area contributed by atoms with Crippen LogP contribution in [0.3, 0.4) is 0 Å². The van der Waals surface area contributed by atoms with E-state index >= 15 is 0 Å². The van der Waals surface area contributed by atoms with Crippen molar-refractivity contribution in [3.05, 3.63) is 25.3 Å². The van der Waals surface area contributed by atoms with E-state index < -0.39 is 0 Å². The number of carbonyl (C=O) groups is 2. The molecule has 70 valence electrons. The first kappa shape index (κ1) is 17.0. The van der Waals surface area contributed by atoms with E-state index in [4.69, 9.17) is 10.5 Å². The molecule has 2 N–H and O–H groups in total. The summed E-state index contributed by atoms with van der Waals surface area (Å²) in [7, 11) is 0. The molecule has 0 spiro atoms. The summed E-state index contributed by atoms with van der Waals surface area (Å²) in [5, 5.41) is 12.0. The van der Waals surface area contributed by atoms with Gasteiger partial charge in [-0.05, 0) is 26.0 Å². The first-order valence-corrected chi connectivity index (χ1v) is 3.00. The number of ketones is 2. The molecule has 0 unspecified atom stereocenters.